The minimum Gasteiger partial charge on any atom is -0.494 e. The molecule has 7 nitrogen and oxygen atoms in total. The highest BCUT2D eigenvalue weighted by molar-refractivity contribution is 7.99. The van der Waals surface area contributed by atoms with Crippen LogP contribution in [0.4, 0.5) is 5.69 Å². The average molecular weight is 540 g/mol. The fourth-order valence-corrected chi connectivity index (χ4v) is 5.01. The van der Waals surface area contributed by atoms with Gasteiger partial charge in [-0.1, -0.05) is 42.5 Å². The number of hydrogen-bond donors (Lipinski definition) is 1. The zero-order valence-electron chi connectivity index (χ0n) is 22.1. The maximum Gasteiger partial charge on any atom is 0.225 e. The van der Waals surface area contributed by atoms with Gasteiger partial charge in [0.25, 0.3) is 0 Å². The van der Waals surface area contributed by atoms with Gasteiger partial charge in [0.1, 0.15) is 16.8 Å². The maximum atomic E-state index is 12.6. The van der Waals surface area contributed by atoms with E-state index in [1.807, 2.05) is 85.8 Å². The predicted molar refractivity (Wildman–Crippen MR) is 155 cm³/mol. The summed E-state index contributed by atoms with van der Waals surface area (Å²) in [5.74, 6) is 2.17. The molecule has 0 bridgehead atoms. The number of hydrogen-bond acceptors (Lipinski definition) is 7. The molecule has 1 heterocycles. The van der Waals surface area contributed by atoms with Crippen molar-refractivity contribution in [3.63, 3.8) is 0 Å². The van der Waals surface area contributed by atoms with Crippen LogP contribution in [0.1, 0.15) is 18.9 Å². The molecule has 3 aromatic carbocycles. The second kappa shape index (κ2) is 13.4. The number of amides is 1. The van der Waals surface area contributed by atoms with E-state index in [4.69, 9.17) is 19.2 Å². The number of para-hydroxylation sites is 1. The molecule has 1 aromatic heterocycles. The zero-order chi connectivity index (χ0) is 27.6. The SMILES string of the molecule is CCOc1ccc(NC(=O)CCSc2nc(-c3ccccc3)cc(-c3cccc(OC)c3OC)c2C#N)cc1. The molecule has 0 saturated heterocycles. The highest BCUT2D eigenvalue weighted by atomic mass is 32.2. The Kier molecular flexibility index (Phi) is 9.44. The van der Waals surface area contributed by atoms with Gasteiger partial charge in [0.05, 0.1) is 32.1 Å². The lowest BCUT2D eigenvalue weighted by molar-refractivity contribution is -0.115. The van der Waals surface area contributed by atoms with E-state index in [1.54, 1.807) is 14.2 Å². The van der Waals surface area contributed by atoms with Crippen molar-refractivity contribution in [2.75, 3.05) is 31.9 Å². The summed E-state index contributed by atoms with van der Waals surface area (Å²) in [6.07, 6.45) is 0.248. The summed E-state index contributed by atoms with van der Waals surface area (Å²) in [6, 6.07) is 26.8. The lowest BCUT2D eigenvalue weighted by Gasteiger charge is -2.16. The number of anilines is 1. The smallest absolute Gasteiger partial charge is 0.225 e. The molecule has 0 aliphatic carbocycles. The van der Waals surface area contributed by atoms with Gasteiger partial charge in [-0.2, -0.15) is 5.26 Å². The molecule has 0 atom stereocenters. The van der Waals surface area contributed by atoms with Crippen LogP contribution in [0.5, 0.6) is 17.2 Å². The number of nitrogens with one attached hydrogen (secondary N) is 1. The first-order valence-corrected chi connectivity index (χ1v) is 13.4. The first kappa shape index (κ1) is 27.6. The van der Waals surface area contributed by atoms with Gasteiger partial charge >= 0.3 is 0 Å². The summed E-state index contributed by atoms with van der Waals surface area (Å²) in [5.41, 5.74) is 4.16. The third-order valence-corrected chi connectivity index (χ3v) is 6.85. The molecule has 198 valence electrons. The van der Waals surface area contributed by atoms with Crippen molar-refractivity contribution in [1.29, 1.82) is 5.26 Å². The number of nitrogens with zero attached hydrogens (tertiary/aromatic N) is 2. The predicted octanol–water partition coefficient (Wildman–Crippen LogP) is 6.82. The van der Waals surface area contributed by atoms with Crippen LogP contribution < -0.4 is 19.5 Å². The topological polar surface area (TPSA) is 93.5 Å². The zero-order valence-corrected chi connectivity index (χ0v) is 22.9. The van der Waals surface area contributed by atoms with Crippen LogP contribution >= 0.6 is 11.8 Å². The number of methoxy groups -OCH3 is 2. The number of benzene rings is 3. The molecule has 1 amide bonds. The number of ether oxygens (including phenoxy) is 3. The number of thioether (sulfide) groups is 1. The minimum absolute atomic E-state index is 0.126. The number of aromatic nitrogens is 1. The normalized spacial score (nSPS) is 10.4. The Balaban J connectivity index is 1.62. The number of nitriles is 1. The van der Waals surface area contributed by atoms with Crippen molar-refractivity contribution in [2.24, 2.45) is 0 Å². The molecule has 39 heavy (non-hydrogen) atoms. The number of carbonyl (C=O) groups excluding carboxylic acids is 1. The van der Waals surface area contributed by atoms with Gasteiger partial charge in [-0.25, -0.2) is 4.98 Å². The lowest BCUT2D eigenvalue weighted by Crippen LogP contribution is -2.12. The van der Waals surface area contributed by atoms with Gasteiger partial charge in [-0.05, 0) is 43.3 Å². The standard InChI is InChI=1S/C31H29N3O4S/c1-4-38-23-15-13-22(14-16-23)33-29(35)17-18-39-31-26(20-32)25(19-27(34-31)21-9-6-5-7-10-21)24-11-8-12-28(36-2)30(24)37-3/h5-16,19H,4,17-18H2,1-3H3,(H,33,35). The summed E-state index contributed by atoms with van der Waals surface area (Å²) >= 11 is 1.37. The molecule has 4 rings (SSSR count). The number of rotatable bonds is 11. The van der Waals surface area contributed by atoms with Gasteiger partial charge in [0.15, 0.2) is 11.5 Å². The first-order valence-electron chi connectivity index (χ1n) is 12.4. The Hall–Kier alpha value is -4.48. The highest BCUT2D eigenvalue weighted by Crippen LogP contribution is 2.42. The Bertz CT molecular complexity index is 1470. The molecule has 0 spiro atoms. The molecule has 4 aromatic rings. The van der Waals surface area contributed by atoms with E-state index in [2.05, 4.69) is 11.4 Å². The average Bonchev–Trinajstić information content (AvgIpc) is 2.97. The van der Waals surface area contributed by atoms with E-state index in [-0.39, 0.29) is 12.3 Å². The van der Waals surface area contributed by atoms with E-state index < -0.39 is 0 Å². The minimum atomic E-state index is -0.126. The molecule has 0 aliphatic heterocycles. The van der Waals surface area contributed by atoms with Crippen molar-refractivity contribution in [3.05, 3.63) is 84.4 Å². The molecule has 0 radical (unpaired) electrons. The second-order valence-electron chi connectivity index (χ2n) is 8.36. The van der Waals surface area contributed by atoms with Crippen molar-refractivity contribution in [3.8, 4) is 45.7 Å². The Morgan fingerprint density at radius 1 is 0.974 bits per heavy atom. The van der Waals surface area contributed by atoms with Crippen LogP contribution in [-0.4, -0.2) is 37.5 Å². The van der Waals surface area contributed by atoms with Gasteiger partial charge in [0, 0.05) is 34.6 Å². The monoisotopic (exact) mass is 539 g/mol. The van der Waals surface area contributed by atoms with Gasteiger partial charge in [0.2, 0.25) is 5.91 Å². The fourth-order valence-electron chi connectivity index (χ4n) is 4.07. The van der Waals surface area contributed by atoms with Gasteiger partial charge < -0.3 is 19.5 Å². The van der Waals surface area contributed by atoms with Crippen LogP contribution in [0, 0.1) is 11.3 Å². The van der Waals surface area contributed by atoms with Crippen molar-refractivity contribution >= 4 is 23.4 Å². The van der Waals surface area contributed by atoms with Crippen LogP contribution in [0.2, 0.25) is 0 Å². The van der Waals surface area contributed by atoms with Gasteiger partial charge in [-0.15, -0.1) is 11.8 Å². The van der Waals surface area contributed by atoms with E-state index in [0.29, 0.717) is 45.7 Å². The Labute approximate surface area is 232 Å². The third kappa shape index (κ3) is 6.70. The van der Waals surface area contributed by atoms with Crippen molar-refractivity contribution in [1.82, 2.24) is 4.98 Å². The molecule has 0 unspecified atom stereocenters. The van der Waals surface area contributed by atoms with Gasteiger partial charge in [-0.3, -0.25) is 4.79 Å². The summed E-state index contributed by atoms with van der Waals surface area (Å²) in [4.78, 5) is 17.5. The van der Waals surface area contributed by atoms with E-state index >= 15 is 0 Å². The Morgan fingerprint density at radius 3 is 2.41 bits per heavy atom. The van der Waals surface area contributed by atoms with Crippen LogP contribution in [0.25, 0.3) is 22.4 Å². The molecule has 0 aliphatic rings. The van der Waals surface area contributed by atoms with Crippen LogP contribution in [0.15, 0.2) is 83.9 Å². The largest absolute Gasteiger partial charge is 0.494 e. The maximum absolute atomic E-state index is 12.6. The fraction of sp³-hybridized carbons (Fsp3) is 0.194. The number of carbonyl (C=O) groups is 1. The first-order chi connectivity index (χ1) is 19.1. The molecular weight excluding hydrogens is 510 g/mol. The summed E-state index contributed by atoms with van der Waals surface area (Å²) in [5, 5.41) is 13.7. The summed E-state index contributed by atoms with van der Waals surface area (Å²) in [7, 11) is 3.15. The van der Waals surface area contributed by atoms with E-state index in [0.717, 1.165) is 22.6 Å². The quantitative estimate of drug-likeness (QED) is 0.209. The second-order valence-corrected chi connectivity index (χ2v) is 9.44. The number of pyridine rings is 1. The van der Waals surface area contributed by atoms with Crippen molar-refractivity contribution < 1.29 is 19.0 Å². The summed E-state index contributed by atoms with van der Waals surface area (Å²) in [6.45, 7) is 2.51. The molecule has 8 heteroatoms. The molecule has 0 fully saturated rings. The van der Waals surface area contributed by atoms with E-state index in [9.17, 15) is 10.1 Å². The van der Waals surface area contributed by atoms with Crippen LogP contribution in [0.3, 0.4) is 0 Å². The van der Waals surface area contributed by atoms with E-state index in [1.165, 1.54) is 11.8 Å². The summed E-state index contributed by atoms with van der Waals surface area (Å²) < 4.78 is 16.6. The van der Waals surface area contributed by atoms with Crippen LogP contribution in [-0.2, 0) is 4.79 Å². The molecule has 0 saturated carbocycles. The molecular formula is C31H29N3O4S. The lowest BCUT2D eigenvalue weighted by atomic mass is 9.98. The molecule has 1 N–H and O–H groups in total. The highest BCUT2D eigenvalue weighted by Gasteiger charge is 2.20. The third-order valence-electron chi connectivity index (χ3n) is 5.88. The Morgan fingerprint density at radius 2 is 1.74 bits per heavy atom. The van der Waals surface area contributed by atoms with Crippen molar-refractivity contribution in [2.45, 2.75) is 18.4 Å².